The van der Waals surface area contributed by atoms with Crippen LogP contribution in [0.4, 0.5) is 18.9 Å². The Kier molecular flexibility index (Phi) is 7.56. The van der Waals surface area contributed by atoms with Crippen LogP contribution in [0, 0.1) is 5.92 Å². The number of aliphatic hydroxyl groups is 1. The van der Waals surface area contributed by atoms with Gasteiger partial charge in [-0.3, -0.25) is 14.7 Å². The van der Waals surface area contributed by atoms with Crippen molar-refractivity contribution >= 4 is 11.6 Å². The van der Waals surface area contributed by atoms with Crippen molar-refractivity contribution in [1.29, 1.82) is 0 Å². The SMILES string of the molecule is O=C(C1CC(Nc2cccc(C(F)(F)F)c2)C1)N1CC[C@H]2[C@@H]1CCN2C1CCC(O)(c2ccc(-c3ncccn3)cn2)CC1. The van der Waals surface area contributed by atoms with Crippen molar-refractivity contribution in [2.45, 2.75) is 87.3 Å². The van der Waals surface area contributed by atoms with Crippen molar-refractivity contribution in [2.24, 2.45) is 5.92 Å². The maximum atomic E-state index is 13.5. The summed E-state index contributed by atoms with van der Waals surface area (Å²) in [6, 6.07) is 11.8. The molecule has 1 amide bonds. The van der Waals surface area contributed by atoms with Crippen molar-refractivity contribution in [1.82, 2.24) is 24.8 Å². The minimum Gasteiger partial charge on any atom is -0.384 e. The third-order valence-electron chi connectivity index (χ3n) is 10.3. The molecule has 2 atom stereocenters. The zero-order chi connectivity index (χ0) is 30.5. The molecule has 3 aromatic rings. The van der Waals surface area contributed by atoms with Crippen LogP contribution in [-0.4, -0.2) is 73.0 Å². The average Bonchev–Trinajstić information content (AvgIpc) is 3.62. The van der Waals surface area contributed by atoms with Gasteiger partial charge in [-0.15, -0.1) is 0 Å². The lowest BCUT2D eigenvalue weighted by molar-refractivity contribution is -0.139. The highest BCUT2D eigenvalue weighted by molar-refractivity contribution is 5.81. The molecule has 0 radical (unpaired) electrons. The van der Waals surface area contributed by atoms with E-state index in [2.05, 4.69) is 30.1 Å². The van der Waals surface area contributed by atoms with E-state index in [-0.39, 0.29) is 23.9 Å². The molecular weight excluding hydrogens is 569 g/mol. The number of nitrogens with one attached hydrogen (secondary N) is 1. The fourth-order valence-electron chi connectivity index (χ4n) is 7.86. The van der Waals surface area contributed by atoms with E-state index in [4.69, 9.17) is 0 Å². The molecule has 232 valence electrons. The molecule has 2 saturated carbocycles. The molecule has 0 spiro atoms. The Morgan fingerprint density at radius 1 is 0.932 bits per heavy atom. The van der Waals surface area contributed by atoms with Gasteiger partial charge in [0.05, 0.1) is 11.3 Å². The van der Waals surface area contributed by atoms with Crippen LogP contribution in [-0.2, 0) is 16.6 Å². The number of pyridine rings is 1. The number of nitrogens with zero attached hydrogens (tertiary/aromatic N) is 5. The second kappa shape index (κ2) is 11.4. The summed E-state index contributed by atoms with van der Waals surface area (Å²) < 4.78 is 39.2. The molecule has 11 heteroatoms. The average molecular weight is 607 g/mol. The number of amides is 1. The third-order valence-corrected chi connectivity index (χ3v) is 10.3. The smallest absolute Gasteiger partial charge is 0.384 e. The van der Waals surface area contributed by atoms with Gasteiger partial charge in [-0.2, -0.15) is 13.2 Å². The molecule has 1 aromatic carbocycles. The van der Waals surface area contributed by atoms with Crippen molar-refractivity contribution in [3.05, 3.63) is 72.3 Å². The van der Waals surface area contributed by atoms with E-state index in [1.807, 2.05) is 12.1 Å². The van der Waals surface area contributed by atoms with Crippen LogP contribution < -0.4 is 5.32 Å². The summed E-state index contributed by atoms with van der Waals surface area (Å²) in [5.74, 6) is 0.719. The van der Waals surface area contributed by atoms with Gasteiger partial charge in [0.15, 0.2) is 5.82 Å². The number of carbonyl (C=O) groups is 1. The molecule has 0 unspecified atom stereocenters. The summed E-state index contributed by atoms with van der Waals surface area (Å²) in [5, 5.41) is 14.7. The molecule has 2 aromatic heterocycles. The van der Waals surface area contributed by atoms with Crippen LogP contribution in [0.25, 0.3) is 11.4 Å². The number of anilines is 1. The highest BCUT2D eigenvalue weighted by atomic mass is 19.4. The third kappa shape index (κ3) is 5.56. The maximum Gasteiger partial charge on any atom is 0.416 e. The van der Waals surface area contributed by atoms with E-state index in [1.54, 1.807) is 30.7 Å². The van der Waals surface area contributed by atoms with Crippen molar-refractivity contribution in [3.8, 4) is 11.4 Å². The van der Waals surface area contributed by atoms with Crippen LogP contribution in [0.15, 0.2) is 61.1 Å². The molecule has 4 aliphatic rings. The zero-order valence-electron chi connectivity index (χ0n) is 24.5. The molecule has 2 saturated heterocycles. The van der Waals surface area contributed by atoms with Crippen LogP contribution in [0.5, 0.6) is 0 Å². The standard InChI is InChI=1S/C33H37F3N6O2/c34-33(35,36)23-3-1-4-24(19-23)40-25-17-22(18-25)31(43)42-16-10-27-28(42)9-15-41(27)26-7-11-32(44,12-8-26)29-6-5-21(20-39-29)30-37-13-2-14-38-30/h1-6,13-14,19-20,22,25-28,40,44H,7-12,15-18H2/t22?,25?,26?,27-,28-,32?/m0/s1. The van der Waals surface area contributed by atoms with Gasteiger partial charge in [0.25, 0.3) is 0 Å². The fraction of sp³-hybridized carbons (Fsp3) is 0.515. The molecule has 44 heavy (non-hydrogen) atoms. The Morgan fingerprint density at radius 2 is 1.68 bits per heavy atom. The van der Waals surface area contributed by atoms with Crippen LogP contribution in [0.3, 0.4) is 0 Å². The lowest BCUT2D eigenvalue weighted by atomic mass is 9.79. The Balaban J connectivity index is 0.908. The number of benzene rings is 1. The predicted molar refractivity (Wildman–Crippen MR) is 158 cm³/mol. The number of carbonyl (C=O) groups excluding carboxylic acids is 1. The number of hydrogen-bond donors (Lipinski definition) is 2. The van der Waals surface area contributed by atoms with E-state index >= 15 is 0 Å². The Morgan fingerprint density at radius 3 is 2.39 bits per heavy atom. The Hall–Kier alpha value is -3.57. The summed E-state index contributed by atoms with van der Waals surface area (Å²) in [5.41, 5.74) is 0.327. The predicted octanol–water partition coefficient (Wildman–Crippen LogP) is 5.25. The quantitative estimate of drug-likeness (QED) is 0.396. The minimum absolute atomic E-state index is 0.00395. The van der Waals surface area contributed by atoms with E-state index in [9.17, 15) is 23.1 Å². The van der Waals surface area contributed by atoms with Gasteiger partial charge in [-0.25, -0.2) is 9.97 Å². The molecule has 2 aliphatic heterocycles. The van der Waals surface area contributed by atoms with E-state index < -0.39 is 17.3 Å². The van der Waals surface area contributed by atoms with Gasteiger partial charge in [0.1, 0.15) is 5.60 Å². The molecular formula is C33H37F3N6O2. The maximum absolute atomic E-state index is 13.5. The van der Waals surface area contributed by atoms with Crippen molar-refractivity contribution < 1.29 is 23.1 Å². The van der Waals surface area contributed by atoms with Gasteiger partial charge in [-0.1, -0.05) is 6.07 Å². The highest BCUT2D eigenvalue weighted by Crippen LogP contribution is 2.43. The lowest BCUT2D eigenvalue weighted by Crippen LogP contribution is -2.49. The first-order chi connectivity index (χ1) is 21.2. The number of alkyl halides is 3. The van der Waals surface area contributed by atoms with Gasteiger partial charge in [0.2, 0.25) is 5.91 Å². The van der Waals surface area contributed by atoms with Crippen molar-refractivity contribution in [2.75, 3.05) is 18.4 Å². The molecule has 4 heterocycles. The Bertz CT molecular complexity index is 1470. The van der Waals surface area contributed by atoms with Crippen LogP contribution >= 0.6 is 0 Å². The number of likely N-dealkylation sites (tertiary alicyclic amines) is 2. The normalized spacial score (nSPS) is 30.5. The second-order valence-corrected chi connectivity index (χ2v) is 12.8. The Labute approximate surface area is 254 Å². The van der Waals surface area contributed by atoms with E-state index in [0.717, 1.165) is 56.5 Å². The fourth-order valence-corrected chi connectivity index (χ4v) is 7.86. The molecule has 0 bridgehead atoms. The van der Waals surface area contributed by atoms with Gasteiger partial charge < -0.3 is 15.3 Å². The molecule has 8 nitrogen and oxygen atoms in total. The molecule has 7 rings (SSSR count). The first kappa shape index (κ1) is 29.2. The summed E-state index contributed by atoms with van der Waals surface area (Å²) in [4.78, 5) is 31.3. The van der Waals surface area contributed by atoms with Gasteiger partial charge >= 0.3 is 6.18 Å². The summed E-state index contributed by atoms with van der Waals surface area (Å²) in [7, 11) is 0. The topological polar surface area (TPSA) is 94.5 Å². The minimum atomic E-state index is -4.38. The van der Waals surface area contributed by atoms with Crippen LogP contribution in [0.2, 0.25) is 0 Å². The highest BCUT2D eigenvalue weighted by Gasteiger charge is 2.50. The summed E-state index contributed by atoms with van der Waals surface area (Å²) in [6.45, 7) is 1.71. The number of rotatable bonds is 6. The number of fused-ring (bicyclic) bond motifs is 1. The first-order valence-corrected chi connectivity index (χ1v) is 15.6. The number of aromatic nitrogens is 3. The molecule has 2 aliphatic carbocycles. The summed E-state index contributed by atoms with van der Waals surface area (Å²) >= 11 is 0. The second-order valence-electron chi connectivity index (χ2n) is 12.8. The molecule has 2 N–H and O–H groups in total. The van der Waals surface area contributed by atoms with Gasteiger partial charge in [-0.05, 0) is 87.8 Å². The van der Waals surface area contributed by atoms with E-state index in [0.29, 0.717) is 55.0 Å². The lowest BCUT2D eigenvalue weighted by Gasteiger charge is -2.41. The molecule has 4 fully saturated rings. The monoisotopic (exact) mass is 606 g/mol. The van der Waals surface area contributed by atoms with Gasteiger partial charge in [0, 0.05) is 73.0 Å². The number of hydrogen-bond acceptors (Lipinski definition) is 7. The number of halogens is 3. The largest absolute Gasteiger partial charge is 0.416 e. The van der Waals surface area contributed by atoms with E-state index in [1.165, 1.54) is 6.07 Å². The summed E-state index contributed by atoms with van der Waals surface area (Å²) in [6.07, 6.45) is 6.99. The first-order valence-electron chi connectivity index (χ1n) is 15.6. The van der Waals surface area contributed by atoms with Crippen molar-refractivity contribution in [3.63, 3.8) is 0 Å². The van der Waals surface area contributed by atoms with Crippen LogP contribution in [0.1, 0.15) is 62.6 Å². The zero-order valence-corrected chi connectivity index (χ0v) is 24.5.